The summed E-state index contributed by atoms with van der Waals surface area (Å²) >= 11 is 0. The quantitative estimate of drug-likeness (QED) is 0.600. The number of amides is 1. The minimum absolute atomic E-state index is 0.499. The van der Waals surface area contributed by atoms with Gasteiger partial charge in [0, 0.05) is 0 Å². The Morgan fingerprint density at radius 1 is 1.21 bits per heavy atom. The van der Waals surface area contributed by atoms with Crippen LogP contribution in [-0.4, -0.2) is 28.1 Å². The molecule has 0 unspecified atom stereocenters. The molecule has 0 aromatic heterocycles. The fraction of sp³-hybridized carbons (Fsp3) is 0.111. The van der Waals surface area contributed by atoms with E-state index in [9.17, 15) is 4.79 Å². The molecule has 1 aliphatic rings. The van der Waals surface area contributed by atoms with E-state index in [1.165, 1.54) is 0 Å². The number of carbonyl (C=O) groups excluding carboxylic acids is 1. The third-order valence-corrected chi connectivity index (χ3v) is 1.86. The summed E-state index contributed by atoms with van der Waals surface area (Å²) in [6.07, 6.45) is 0.794. The molecule has 1 amide bonds. The van der Waals surface area contributed by atoms with Crippen LogP contribution in [0.3, 0.4) is 0 Å². The molecule has 2 rings (SSSR count). The highest BCUT2D eigenvalue weighted by Gasteiger charge is 2.41. The molecule has 0 aliphatic carbocycles. The van der Waals surface area contributed by atoms with Gasteiger partial charge < -0.3 is 10.2 Å². The molecule has 0 fully saturated rings. The lowest BCUT2D eigenvalue weighted by Gasteiger charge is -2.14. The largest absolute Gasteiger partial charge is 0.354 e. The highest BCUT2D eigenvalue weighted by Crippen LogP contribution is 2.20. The maximum atomic E-state index is 11.3. The van der Waals surface area contributed by atoms with E-state index in [4.69, 9.17) is 10.2 Å². The van der Waals surface area contributed by atoms with Crippen molar-refractivity contribution in [3.63, 3.8) is 0 Å². The minimum atomic E-state index is -2.48. The van der Waals surface area contributed by atoms with Crippen molar-refractivity contribution in [1.29, 1.82) is 0 Å². The van der Waals surface area contributed by atoms with Gasteiger partial charge in [0.05, 0.1) is 11.9 Å². The molecule has 1 aliphatic heterocycles. The molecule has 2 N–H and O–H groups in total. The first-order valence-electron chi connectivity index (χ1n) is 4.01. The number of hydrogen-bond acceptors (Lipinski definition) is 4. The molecule has 0 atom stereocenters. The average molecular weight is 192 g/mol. The first-order valence-corrected chi connectivity index (χ1v) is 4.01. The standard InChI is InChI=1S/C9H8N2O3/c12-8-9(13,14)6-10-11(8)7-4-2-1-3-5-7/h1-6,13-14H. The van der Waals surface area contributed by atoms with Gasteiger partial charge in [-0.2, -0.15) is 10.1 Å². The smallest absolute Gasteiger partial charge is 0.313 e. The Labute approximate surface area is 79.9 Å². The number of benzene rings is 1. The van der Waals surface area contributed by atoms with Gasteiger partial charge in [-0.25, -0.2) is 0 Å². The van der Waals surface area contributed by atoms with Gasteiger partial charge in [0.2, 0.25) is 0 Å². The molecule has 1 aromatic rings. The van der Waals surface area contributed by atoms with Gasteiger partial charge in [-0.15, -0.1) is 0 Å². The summed E-state index contributed by atoms with van der Waals surface area (Å²) in [6, 6.07) is 8.55. The number of nitrogens with zero attached hydrogens (tertiary/aromatic N) is 2. The lowest BCUT2D eigenvalue weighted by molar-refractivity contribution is -0.155. The van der Waals surface area contributed by atoms with E-state index in [-0.39, 0.29) is 0 Å². The number of para-hydroxylation sites is 1. The lowest BCUT2D eigenvalue weighted by atomic mass is 10.2. The van der Waals surface area contributed by atoms with Crippen LogP contribution in [0.15, 0.2) is 35.4 Å². The molecule has 72 valence electrons. The summed E-state index contributed by atoms with van der Waals surface area (Å²) in [7, 11) is 0. The van der Waals surface area contributed by atoms with Gasteiger partial charge in [-0.1, -0.05) is 18.2 Å². The van der Waals surface area contributed by atoms with Crippen molar-refractivity contribution < 1.29 is 15.0 Å². The van der Waals surface area contributed by atoms with Gasteiger partial charge in [-0.05, 0) is 12.1 Å². The Morgan fingerprint density at radius 2 is 1.86 bits per heavy atom. The van der Waals surface area contributed by atoms with Crippen LogP contribution >= 0.6 is 0 Å². The summed E-state index contributed by atoms with van der Waals surface area (Å²) < 4.78 is 0. The molecule has 0 saturated heterocycles. The van der Waals surface area contributed by atoms with Gasteiger partial charge in [0.15, 0.2) is 0 Å². The highest BCUT2D eigenvalue weighted by molar-refractivity contribution is 6.12. The Hall–Kier alpha value is -1.72. The van der Waals surface area contributed by atoms with Crippen LogP contribution in [0.25, 0.3) is 0 Å². The predicted octanol–water partition coefficient (Wildman–Crippen LogP) is -0.300. The Balaban J connectivity index is 2.33. The van der Waals surface area contributed by atoms with E-state index in [2.05, 4.69) is 5.10 Å². The van der Waals surface area contributed by atoms with E-state index in [0.717, 1.165) is 11.2 Å². The fourth-order valence-corrected chi connectivity index (χ4v) is 1.15. The molecule has 0 radical (unpaired) electrons. The molecule has 1 heterocycles. The van der Waals surface area contributed by atoms with Gasteiger partial charge in [-0.3, -0.25) is 4.79 Å². The molecule has 0 saturated carbocycles. The number of hydrazone groups is 1. The van der Waals surface area contributed by atoms with Crippen molar-refractivity contribution in [3.8, 4) is 0 Å². The summed E-state index contributed by atoms with van der Waals surface area (Å²) in [5.74, 6) is -3.35. The van der Waals surface area contributed by atoms with Crippen molar-refractivity contribution in [3.05, 3.63) is 30.3 Å². The fourth-order valence-electron chi connectivity index (χ4n) is 1.15. The maximum absolute atomic E-state index is 11.3. The summed E-state index contributed by atoms with van der Waals surface area (Å²) in [6.45, 7) is 0. The van der Waals surface area contributed by atoms with Crippen molar-refractivity contribution in [2.24, 2.45) is 5.10 Å². The predicted molar refractivity (Wildman–Crippen MR) is 49.6 cm³/mol. The van der Waals surface area contributed by atoms with Gasteiger partial charge in [0.25, 0.3) is 5.79 Å². The minimum Gasteiger partial charge on any atom is -0.354 e. The Morgan fingerprint density at radius 3 is 2.36 bits per heavy atom. The topological polar surface area (TPSA) is 73.1 Å². The molecule has 5 nitrogen and oxygen atoms in total. The molecule has 5 heteroatoms. The van der Waals surface area contributed by atoms with Crippen LogP contribution < -0.4 is 5.01 Å². The second kappa shape index (κ2) is 2.90. The number of hydrogen-bond donors (Lipinski definition) is 2. The first-order chi connectivity index (χ1) is 6.61. The summed E-state index contributed by atoms with van der Waals surface area (Å²) in [4.78, 5) is 11.3. The van der Waals surface area contributed by atoms with Crippen LogP contribution in [0.2, 0.25) is 0 Å². The van der Waals surface area contributed by atoms with Gasteiger partial charge >= 0.3 is 5.91 Å². The van der Waals surface area contributed by atoms with E-state index in [1.807, 2.05) is 0 Å². The summed E-state index contributed by atoms with van der Waals surface area (Å²) in [5.41, 5.74) is 0.499. The third kappa shape index (κ3) is 1.28. The van der Waals surface area contributed by atoms with E-state index >= 15 is 0 Å². The molecule has 0 spiro atoms. The lowest BCUT2D eigenvalue weighted by Crippen LogP contribution is -2.42. The molecule has 1 aromatic carbocycles. The third-order valence-electron chi connectivity index (χ3n) is 1.86. The normalized spacial score (nSPS) is 19.0. The number of anilines is 1. The van der Waals surface area contributed by atoms with E-state index in [1.54, 1.807) is 30.3 Å². The second-order valence-electron chi connectivity index (χ2n) is 2.92. The van der Waals surface area contributed by atoms with Crippen LogP contribution in [0.5, 0.6) is 0 Å². The second-order valence-corrected chi connectivity index (χ2v) is 2.92. The van der Waals surface area contributed by atoms with Crippen LogP contribution in [0, 0.1) is 0 Å². The van der Waals surface area contributed by atoms with Crippen LogP contribution in [-0.2, 0) is 4.79 Å². The molecular weight excluding hydrogens is 184 g/mol. The molecule has 14 heavy (non-hydrogen) atoms. The van der Waals surface area contributed by atoms with Crippen molar-refractivity contribution in [1.82, 2.24) is 0 Å². The number of aliphatic hydroxyl groups is 2. The molecular formula is C9H8N2O3. The average Bonchev–Trinajstić information content (AvgIpc) is 2.44. The zero-order valence-electron chi connectivity index (χ0n) is 7.16. The van der Waals surface area contributed by atoms with Crippen LogP contribution in [0.1, 0.15) is 0 Å². The summed E-state index contributed by atoms with van der Waals surface area (Å²) in [5, 5.41) is 22.8. The zero-order valence-corrected chi connectivity index (χ0v) is 7.16. The zero-order chi connectivity index (χ0) is 10.2. The van der Waals surface area contributed by atoms with Crippen molar-refractivity contribution in [2.75, 3.05) is 5.01 Å². The van der Waals surface area contributed by atoms with Crippen LogP contribution in [0.4, 0.5) is 5.69 Å². The number of rotatable bonds is 1. The Kier molecular flexibility index (Phi) is 1.83. The number of carbonyl (C=O) groups is 1. The van der Waals surface area contributed by atoms with E-state index in [0.29, 0.717) is 5.69 Å². The van der Waals surface area contributed by atoms with E-state index < -0.39 is 11.7 Å². The van der Waals surface area contributed by atoms with Crippen molar-refractivity contribution >= 4 is 17.8 Å². The Bertz CT molecular complexity index is 386. The van der Waals surface area contributed by atoms with Crippen molar-refractivity contribution in [2.45, 2.75) is 5.79 Å². The molecule has 0 bridgehead atoms. The maximum Gasteiger partial charge on any atom is 0.313 e. The first kappa shape index (κ1) is 8.86. The highest BCUT2D eigenvalue weighted by atomic mass is 16.5. The SMILES string of the molecule is O=C1N(c2ccccc2)N=CC1(O)O. The monoisotopic (exact) mass is 192 g/mol. The van der Waals surface area contributed by atoms with Gasteiger partial charge in [0.1, 0.15) is 0 Å².